The monoisotopic (exact) mass is 1410 g/mol. The third-order valence-electron chi connectivity index (χ3n) is 16.6. The second-order valence-electron chi connectivity index (χ2n) is 24.5. The summed E-state index contributed by atoms with van der Waals surface area (Å²) in [6, 6.07) is 6.54. The van der Waals surface area contributed by atoms with Crippen LogP contribution in [0.25, 0.3) is 0 Å². The maximum absolute atomic E-state index is 14.7. The minimum atomic E-state index is -4.55. The molecule has 1 amide bonds. The molecule has 12 atom stereocenters. The minimum absolute atomic E-state index is 0.0683. The van der Waals surface area contributed by atoms with Gasteiger partial charge in [-0.3, -0.25) is 13.6 Å². The summed E-state index contributed by atoms with van der Waals surface area (Å²) in [7, 11) is -1.49. The number of halogens is 3. The number of hydrogen-bond acceptors (Lipinski definition) is 18. The van der Waals surface area contributed by atoms with Crippen molar-refractivity contribution < 1.29 is 86.3 Å². The van der Waals surface area contributed by atoms with Crippen LogP contribution in [0.15, 0.2) is 62.2 Å². The van der Waals surface area contributed by atoms with Crippen LogP contribution in [0.1, 0.15) is 214 Å². The lowest BCUT2D eigenvalue weighted by atomic mass is 9.90. The van der Waals surface area contributed by atoms with Gasteiger partial charge in [0.25, 0.3) is 0 Å². The van der Waals surface area contributed by atoms with Gasteiger partial charge in [0, 0.05) is 26.9 Å². The van der Waals surface area contributed by atoms with Crippen molar-refractivity contribution in [3.8, 4) is 5.75 Å². The molecule has 3 rings (SSSR count). The number of methoxy groups -OCH3 is 2. The van der Waals surface area contributed by atoms with E-state index in [1.807, 2.05) is 24.3 Å². The van der Waals surface area contributed by atoms with Gasteiger partial charge in [-0.1, -0.05) is 259 Å². The van der Waals surface area contributed by atoms with E-state index in [0.29, 0.717) is 19.3 Å². The number of amides is 1. The van der Waals surface area contributed by atoms with Crippen LogP contribution in [0.3, 0.4) is 0 Å². The number of benzene rings is 1. The number of rotatable bonds is 59. The van der Waals surface area contributed by atoms with Gasteiger partial charge in [-0.25, -0.2) is 14.2 Å². The molecule has 0 saturated carbocycles. The van der Waals surface area contributed by atoms with Gasteiger partial charge in [0.15, 0.2) is 12.6 Å². The van der Waals surface area contributed by atoms with Gasteiger partial charge in [-0.05, 0) is 49.3 Å². The van der Waals surface area contributed by atoms with E-state index in [0.717, 1.165) is 108 Å². The van der Waals surface area contributed by atoms with Crippen LogP contribution in [-0.4, -0.2) is 163 Å². The molecule has 2 aliphatic heterocycles. The van der Waals surface area contributed by atoms with Gasteiger partial charge >= 0.3 is 19.9 Å². The molecule has 19 nitrogen and oxygen atoms in total. The van der Waals surface area contributed by atoms with Crippen molar-refractivity contribution in [3.05, 3.63) is 67.8 Å². The number of alkyl carbamates (subject to hydrolysis) is 1. The molecule has 2 fully saturated rings. The number of ether oxygens (including phenoxy) is 11. The Kier molecular flexibility index (Phi) is 47.8. The first-order valence-electron chi connectivity index (χ1n) is 35.8. The Bertz CT molecular complexity index is 2180. The summed E-state index contributed by atoms with van der Waals surface area (Å²) in [6.45, 7) is 14.4. The number of alkyl halides is 3. The van der Waals surface area contributed by atoms with Crippen molar-refractivity contribution in [2.24, 2.45) is 5.92 Å². The number of hydrogen-bond donors (Lipinski definition) is 2. The standard InChI is InChI=1S/C71H121Cl3NO18P/c1-9-15-18-21-23-25-27-28-30-32-35-38-49-84-67-66(83-48-37-34-31-29-26-24-22-19-16-10-2)63(77)59(91-69(67)87-54-61(76)82-45-12-4)53-86-68-62(75-70(78)88-55-71(72,73)74)65(64(60(92-68)52-80-7)93-94(79,89-46-13-5)90-47-14-6)85-50-44-56(39-36-33-20-17-11-3)51-57-40-42-58(81-8)43-41-57/h12-14,40-43,56,59-60,62-69,77H,4-6,9-11,15-39,44-55H2,1-3,7-8H3,(H,75,78)/t56-,59+,60+,62+,63+,64+,65+,66-,67+,68+,69?/m0/s1/i49D/t49?,56-,59+,60+,62+,63+,64+,65+,66-,67+,68+,69?. The minimum Gasteiger partial charge on any atom is -0.497 e. The molecule has 2 unspecified atom stereocenters. The summed E-state index contributed by atoms with van der Waals surface area (Å²) in [5.41, 5.74) is 1.11. The van der Waals surface area contributed by atoms with Crippen LogP contribution in [0.5, 0.6) is 5.75 Å². The molecule has 2 heterocycles. The van der Waals surface area contributed by atoms with E-state index in [4.69, 9.17) is 100 Å². The summed E-state index contributed by atoms with van der Waals surface area (Å²) in [6.07, 6.45) is 22.6. The summed E-state index contributed by atoms with van der Waals surface area (Å²) in [5.74, 6) is 0.145. The number of nitrogens with one attached hydrogen (secondary N) is 1. The molecule has 2 aliphatic rings. The molecule has 0 aromatic heterocycles. The fourth-order valence-electron chi connectivity index (χ4n) is 11.4. The SMILES string of the molecule is [2H]C(CCCCCCCCCCCCC)O[C@H]1C(OCC(=O)OCC=C)O[C@H](CO[C@@H]2O[C@H](COC)[C@@H](OP(=O)(OCC=C)OCC=C)[C@H](OCC[C@H](CCCCCCC)Cc3ccc(OC)cc3)[C@H]2NC(=O)OCC(Cl)(Cl)Cl)[C@@H](O)[C@@H]1OCCCCCCCCCCCC. The van der Waals surface area contributed by atoms with Crippen LogP contribution in [0, 0.1) is 5.92 Å². The second-order valence-corrected chi connectivity index (χ2v) is 28.7. The van der Waals surface area contributed by atoms with E-state index < -0.39 is 111 Å². The molecular weight excluding hydrogens is 1290 g/mol. The van der Waals surface area contributed by atoms with E-state index in [9.17, 15) is 20.6 Å². The summed E-state index contributed by atoms with van der Waals surface area (Å²) < 4.78 is 108. The summed E-state index contributed by atoms with van der Waals surface area (Å²) in [5, 5.41) is 15.4. The first-order valence-corrected chi connectivity index (χ1v) is 37.8. The van der Waals surface area contributed by atoms with Crippen molar-refractivity contribution in [2.75, 3.05) is 80.3 Å². The Labute approximate surface area is 581 Å². The van der Waals surface area contributed by atoms with Crippen molar-refractivity contribution in [1.82, 2.24) is 5.32 Å². The lowest BCUT2D eigenvalue weighted by molar-refractivity contribution is -0.330. The topological polar surface area (TPSA) is 213 Å². The number of phosphoric acid groups is 1. The van der Waals surface area contributed by atoms with Crippen molar-refractivity contribution >= 4 is 54.7 Å². The highest BCUT2D eigenvalue weighted by Gasteiger charge is 2.54. The number of aliphatic hydroxyl groups is 1. The molecule has 2 saturated heterocycles. The van der Waals surface area contributed by atoms with E-state index in [-0.39, 0.29) is 45.6 Å². The quantitative estimate of drug-likeness (QED) is 0.0204. The molecule has 0 bridgehead atoms. The third-order valence-corrected chi connectivity index (χ3v) is 18.3. The van der Waals surface area contributed by atoms with Crippen molar-refractivity contribution in [3.63, 3.8) is 0 Å². The van der Waals surface area contributed by atoms with Gasteiger partial charge in [0.1, 0.15) is 74.3 Å². The van der Waals surface area contributed by atoms with Gasteiger partial charge in [-0.15, -0.1) is 13.2 Å². The predicted octanol–water partition coefficient (Wildman–Crippen LogP) is 17.0. The summed E-state index contributed by atoms with van der Waals surface area (Å²) >= 11 is 18.3. The maximum atomic E-state index is 14.7. The fraction of sp³-hybridized carbons (Fsp3) is 0.803. The number of aliphatic hydroxyl groups excluding tert-OH is 1. The zero-order valence-electron chi connectivity index (χ0n) is 58.6. The van der Waals surface area contributed by atoms with E-state index in [2.05, 4.69) is 45.8 Å². The molecule has 0 aliphatic carbocycles. The van der Waals surface area contributed by atoms with Crippen LogP contribution in [-0.2, 0) is 76.7 Å². The Morgan fingerprint density at radius 2 is 1.15 bits per heavy atom. The molecule has 23 heteroatoms. The highest BCUT2D eigenvalue weighted by atomic mass is 35.6. The first kappa shape index (κ1) is 84.0. The Hall–Kier alpha value is -2.40. The second kappa shape index (κ2) is 53.5. The normalized spacial score (nSPS) is 22.5. The highest BCUT2D eigenvalue weighted by molar-refractivity contribution is 7.48. The van der Waals surface area contributed by atoms with Gasteiger partial charge in [-0.2, -0.15) is 0 Å². The molecular formula is C71H121Cl3NO18P. The maximum Gasteiger partial charge on any atom is 0.475 e. The number of carbonyl (C=O) groups is 2. The molecule has 1 aromatic carbocycles. The molecule has 94 heavy (non-hydrogen) atoms. The predicted molar refractivity (Wildman–Crippen MR) is 372 cm³/mol. The Morgan fingerprint density at radius 1 is 0.617 bits per heavy atom. The average Bonchev–Trinajstić information content (AvgIpc) is 0.785. The first-order chi connectivity index (χ1) is 46.0. The smallest absolute Gasteiger partial charge is 0.475 e. The van der Waals surface area contributed by atoms with E-state index in [1.165, 1.54) is 102 Å². The van der Waals surface area contributed by atoms with Crippen molar-refractivity contribution in [2.45, 2.75) is 279 Å². The Morgan fingerprint density at radius 3 is 1.69 bits per heavy atom. The number of phosphoric ester groups is 1. The van der Waals surface area contributed by atoms with E-state index in [1.54, 1.807) is 7.11 Å². The van der Waals surface area contributed by atoms with Crippen molar-refractivity contribution in [1.29, 1.82) is 0 Å². The molecule has 2 N–H and O–H groups in total. The van der Waals surface area contributed by atoms with Gasteiger partial charge < -0.3 is 62.5 Å². The van der Waals surface area contributed by atoms with Crippen LogP contribution in [0.4, 0.5) is 4.79 Å². The molecule has 544 valence electrons. The molecule has 0 spiro atoms. The van der Waals surface area contributed by atoms with Crippen LogP contribution in [0.2, 0.25) is 0 Å². The highest BCUT2D eigenvalue weighted by Crippen LogP contribution is 2.53. The molecule has 0 radical (unpaired) electrons. The zero-order valence-corrected chi connectivity index (χ0v) is 60.8. The van der Waals surface area contributed by atoms with Crippen LogP contribution >= 0.6 is 42.6 Å². The van der Waals surface area contributed by atoms with Crippen LogP contribution < -0.4 is 10.1 Å². The summed E-state index contributed by atoms with van der Waals surface area (Å²) in [4.78, 5) is 27.2. The number of unbranched alkanes of at least 4 members (excludes halogenated alkanes) is 23. The number of carbonyl (C=O) groups excluding carboxylic acids is 2. The largest absolute Gasteiger partial charge is 0.497 e. The van der Waals surface area contributed by atoms with Gasteiger partial charge in [0.2, 0.25) is 3.79 Å². The fourth-order valence-corrected chi connectivity index (χ4v) is 12.9. The molecule has 1 aromatic rings. The lowest BCUT2D eigenvalue weighted by Gasteiger charge is -2.47. The van der Waals surface area contributed by atoms with Gasteiger partial charge in [0.05, 0.1) is 34.9 Å². The lowest BCUT2D eigenvalue weighted by Crippen LogP contribution is -2.67. The third kappa shape index (κ3) is 37.7. The Balaban J connectivity index is 2.11. The number of esters is 1. The van der Waals surface area contributed by atoms with E-state index >= 15 is 0 Å². The zero-order chi connectivity index (χ0) is 69.4. The average molecular weight is 1420 g/mol.